The molecule has 798 valence electrons. The zero-order valence-corrected chi connectivity index (χ0v) is 96.3. The third-order valence-corrected chi connectivity index (χ3v) is 27.7. The van der Waals surface area contributed by atoms with E-state index in [0.717, 1.165) is 123 Å². The Morgan fingerprint density at radius 3 is 1.10 bits per heavy atom. The number of nitrogens with one attached hydrogen (secondary N) is 6. The molecule has 8 heterocycles. The Balaban J connectivity index is 0.000000521. The molecule has 4 saturated carbocycles. The number of aromatic amines is 5. The van der Waals surface area contributed by atoms with E-state index in [1.807, 2.05) is 23.1 Å². The fourth-order valence-electron chi connectivity index (χ4n) is 18.0. The van der Waals surface area contributed by atoms with Crippen molar-refractivity contribution in [3.8, 4) is 0 Å². The number of pyridine rings is 1. The molecule has 4 aliphatic carbocycles. The highest BCUT2D eigenvalue weighted by atomic mass is 16.2. The minimum absolute atomic E-state index is 0. The molecule has 1 aromatic carbocycles. The molecule has 5 aliphatic rings. The summed E-state index contributed by atoms with van der Waals surface area (Å²) in [7, 11) is 0. The Morgan fingerprint density at radius 1 is 0.379 bits per heavy atom. The second-order valence-electron chi connectivity index (χ2n) is 54.2. The van der Waals surface area contributed by atoms with Crippen LogP contribution in [0.2, 0.25) is 0 Å². The molecule has 22 heteroatoms. The quantitative estimate of drug-likeness (QED) is 0.0440. The number of hydrogen-bond acceptors (Lipinski definition) is 14. The summed E-state index contributed by atoms with van der Waals surface area (Å²) in [6.07, 6.45) is 52.5. The van der Waals surface area contributed by atoms with Crippen LogP contribution >= 0.6 is 0 Å². The highest BCUT2D eigenvalue weighted by molar-refractivity contribution is 6.03. The second-order valence-corrected chi connectivity index (χ2v) is 54.2. The monoisotopic (exact) mass is 1940 g/mol. The topological polar surface area (TPSA) is 289 Å². The van der Waals surface area contributed by atoms with Crippen molar-refractivity contribution >= 4 is 11.7 Å². The largest absolute Gasteiger partial charge is 0.343 e. The number of aliphatic imine (C=N–C) groups is 1. The Hall–Kier alpha value is -7.78. The van der Waals surface area contributed by atoms with E-state index < -0.39 is 0 Å². The lowest BCUT2D eigenvalue weighted by Gasteiger charge is -2.36. The first-order valence-electron chi connectivity index (χ1n) is 54.0. The summed E-state index contributed by atoms with van der Waals surface area (Å²) in [4.78, 5) is 49.4. The summed E-state index contributed by atoms with van der Waals surface area (Å²) < 4.78 is 3.49. The van der Waals surface area contributed by atoms with Crippen molar-refractivity contribution in [3.05, 3.63) is 148 Å². The predicted octanol–water partition coefficient (Wildman–Crippen LogP) is 31.7. The first-order valence-corrected chi connectivity index (χ1v) is 54.0. The molecule has 0 saturated heterocycles. The maximum atomic E-state index is 11.0. The first kappa shape index (κ1) is 128. The number of H-pyrrole nitrogens is 5. The van der Waals surface area contributed by atoms with Crippen molar-refractivity contribution in [1.29, 1.82) is 0 Å². The Kier molecular flexibility index (Phi) is 56.3. The van der Waals surface area contributed by atoms with Crippen molar-refractivity contribution in [1.82, 2.24) is 95.6 Å². The maximum absolute atomic E-state index is 11.0. The molecule has 6 N–H and O–H groups in total. The van der Waals surface area contributed by atoms with E-state index in [2.05, 4.69) is 391 Å². The Labute approximate surface area is 856 Å². The minimum atomic E-state index is -0.117. The van der Waals surface area contributed by atoms with Crippen LogP contribution in [-0.4, -0.2) is 109 Å². The van der Waals surface area contributed by atoms with Crippen LogP contribution in [0, 0.1) is 116 Å². The second kappa shape index (κ2) is 61.5. The molecule has 7 aromatic heterocycles. The first-order chi connectivity index (χ1) is 64.2. The van der Waals surface area contributed by atoms with Gasteiger partial charge in [0.25, 0.3) is 0 Å². The third kappa shape index (κ3) is 62.0. The van der Waals surface area contributed by atoms with Crippen LogP contribution in [0.25, 0.3) is 0 Å². The Morgan fingerprint density at radius 2 is 0.757 bits per heavy atom. The van der Waals surface area contributed by atoms with Crippen molar-refractivity contribution in [2.45, 2.75) is 494 Å². The fraction of sp³-hybridized carbons (Fsp3) is 0.780. The molecule has 1 aliphatic heterocycles. The van der Waals surface area contributed by atoms with Gasteiger partial charge in [0.05, 0.1) is 6.20 Å². The molecule has 1 amide bonds. The summed E-state index contributed by atoms with van der Waals surface area (Å²) in [6.45, 7) is 88.8. The molecule has 13 rings (SSSR count). The van der Waals surface area contributed by atoms with Crippen molar-refractivity contribution in [3.63, 3.8) is 0 Å². The number of amidine groups is 1. The van der Waals surface area contributed by atoms with Gasteiger partial charge in [-0.25, -0.2) is 29.4 Å². The standard InChI is InChI=1S/C13H20.2C12H21N3.C11H20N2.C11H17N.2C11H22.C10H18N2O.C9H17N3O.C9H17N3.C8H15N3.CH4/c1-11-7-5-6-8-12(11)9-10-13(2,3)4;2*1-12(2,3)10-6-4-9(5-7-10)11-13-8-14-15-11;1-10-8-12-13(9-10)7-5-6-11(2,3)4;1-9-6-5-7-12-10(9)8-11(2,3)4;2*1-9-5-7-10(8-6-9)11(2,3)4;1-10(2,3)6-4-5-8-11-7-9(13)12-8;1-9(2,3)5-4-6-12-8(13)10-7-11-12;1-9(2,3)6-4-5-8-10-7-11-12-8;1-8(2,3)5-4-7-9-6-10-11-7;/h5-8H,9-10H2,1-4H3;2*8-10H,4-7H2,1-3H3,(H,13,14,15);8-9H,5-7H2,1-4H3;5-7H,8H2,1-4H3;2*9-10H,5-8H2,1-4H3;4-7H2,1-3H3,(H,11,12,13);7H,4-6H2,1-3H3,(H,10,11,13);7H,4-6H2,1-3H3,(H,10,11,12);6H,4-5H2,1-3H3,(H,9,10,11);1H4. The van der Waals surface area contributed by atoms with Crippen molar-refractivity contribution in [2.24, 2.45) is 100 Å². The van der Waals surface area contributed by atoms with E-state index in [-0.39, 0.29) is 19.0 Å². The van der Waals surface area contributed by atoms with E-state index >= 15 is 0 Å². The fourth-order valence-corrected chi connectivity index (χ4v) is 18.0. The number of hydrogen-bond donors (Lipinski definition) is 6. The van der Waals surface area contributed by atoms with E-state index in [1.54, 1.807) is 25.3 Å². The van der Waals surface area contributed by atoms with Gasteiger partial charge in [-0.05, 0) is 298 Å². The maximum Gasteiger partial charge on any atom is 0.343 e. The third-order valence-electron chi connectivity index (χ3n) is 27.7. The van der Waals surface area contributed by atoms with Gasteiger partial charge in [0.2, 0.25) is 5.91 Å². The van der Waals surface area contributed by atoms with Gasteiger partial charge in [0.1, 0.15) is 67.3 Å². The van der Waals surface area contributed by atoms with Crippen LogP contribution < -0.4 is 11.0 Å². The van der Waals surface area contributed by atoms with E-state index in [9.17, 15) is 9.59 Å². The summed E-state index contributed by atoms with van der Waals surface area (Å²) in [5.74, 6) is 12.0. The molecule has 140 heavy (non-hydrogen) atoms. The summed E-state index contributed by atoms with van der Waals surface area (Å²) in [5.41, 5.74) is 11.4. The zero-order valence-electron chi connectivity index (χ0n) is 96.3. The number of aromatic nitrogens is 18. The summed E-state index contributed by atoms with van der Waals surface area (Å²) in [5, 5.41) is 38.0. The minimum Gasteiger partial charge on any atom is -0.313 e. The van der Waals surface area contributed by atoms with Crippen molar-refractivity contribution in [2.75, 3.05) is 6.54 Å². The molecule has 0 atom stereocenters. The van der Waals surface area contributed by atoms with Crippen LogP contribution in [0.15, 0.2) is 96.4 Å². The van der Waals surface area contributed by atoms with Gasteiger partial charge in [-0.1, -0.05) is 306 Å². The van der Waals surface area contributed by atoms with Gasteiger partial charge >= 0.3 is 5.69 Å². The number of nitrogens with zero attached hydrogens (tertiary/aromatic N) is 14. The van der Waals surface area contributed by atoms with Crippen LogP contribution in [0.4, 0.5) is 0 Å². The van der Waals surface area contributed by atoms with Crippen LogP contribution in [0.1, 0.15) is 486 Å². The van der Waals surface area contributed by atoms with Gasteiger partial charge < -0.3 is 5.32 Å². The Bertz CT molecular complexity index is 4410. The zero-order chi connectivity index (χ0) is 105. The van der Waals surface area contributed by atoms with Crippen LogP contribution in [0.3, 0.4) is 0 Å². The van der Waals surface area contributed by atoms with Gasteiger partial charge in [-0.15, -0.1) is 0 Å². The summed E-state index contributed by atoms with van der Waals surface area (Å²) >= 11 is 0. The SMILES string of the molecule is C.CC(C)(C)C1CCC(c2ncn[nH]2)CC1.CC(C)(C)C1CCC(c2ncn[nH]2)CC1.CC(C)(C)CCCC1=NCC(=O)N1.CC(C)(C)CCCc1ncn[nH]1.CC(C)(C)CCCn1nc[nH]c1=O.CC(C)(C)CCc1ncn[nH]1.CC1CCC(C(C)(C)C)CC1.CC1CCC(C(C)(C)C)CC1.Cc1ccccc1CCC(C)(C)C.Cc1cccnc1CC(C)(C)C.Cc1cnn(CCCC(C)(C)C)c1. The van der Waals surface area contributed by atoms with E-state index in [4.69, 9.17) is 0 Å². The molecule has 0 spiro atoms. The normalized spacial score (nSPS) is 19.2. The lowest BCUT2D eigenvalue weighted by molar-refractivity contribution is -0.117. The number of benzene rings is 1. The van der Waals surface area contributed by atoms with Gasteiger partial charge in [0.15, 0.2) is 0 Å². The molecule has 0 bridgehead atoms. The lowest BCUT2D eigenvalue weighted by Crippen LogP contribution is -2.25. The average molecular weight is 1950 g/mol. The molecule has 22 nitrogen and oxygen atoms in total. The number of amides is 1. The van der Waals surface area contributed by atoms with Gasteiger partial charge in [-0.2, -0.15) is 30.6 Å². The van der Waals surface area contributed by atoms with E-state index in [0.29, 0.717) is 84.5 Å². The van der Waals surface area contributed by atoms with Gasteiger partial charge in [0, 0.05) is 62.3 Å². The number of aryl methyl sites for hydroxylation is 8. The summed E-state index contributed by atoms with van der Waals surface area (Å²) in [6, 6.07) is 12.8. The molecule has 0 unspecified atom stereocenters. The highest BCUT2D eigenvalue weighted by Gasteiger charge is 2.34. The van der Waals surface area contributed by atoms with Crippen LogP contribution in [-0.2, 0) is 43.6 Å². The average Bonchev–Trinajstić information content (AvgIpc) is 1.39. The van der Waals surface area contributed by atoms with Crippen LogP contribution in [0.5, 0.6) is 0 Å². The highest BCUT2D eigenvalue weighted by Crippen LogP contribution is 2.45. The molecule has 8 aromatic rings. The molecular formula is C118H214N20O2. The number of carbonyl (C=O) groups is 1. The molecule has 4 fully saturated rings. The number of rotatable bonds is 19. The molecular weight excluding hydrogens is 1730 g/mol. The van der Waals surface area contributed by atoms with E-state index in [1.165, 1.54) is 187 Å². The molecule has 0 radical (unpaired) electrons. The van der Waals surface area contributed by atoms with Crippen molar-refractivity contribution < 1.29 is 4.79 Å². The smallest absolute Gasteiger partial charge is 0.313 e. The van der Waals surface area contributed by atoms with Gasteiger partial charge in [-0.3, -0.25) is 44.8 Å². The lowest BCUT2D eigenvalue weighted by atomic mass is 9.70. The predicted molar refractivity (Wildman–Crippen MR) is 594 cm³/mol. The number of carbonyl (C=O) groups excluding carboxylic acids is 1.